The van der Waals surface area contributed by atoms with Gasteiger partial charge < -0.3 is 5.32 Å². The Bertz CT molecular complexity index is 264. The van der Waals surface area contributed by atoms with E-state index in [1.165, 1.54) is 0 Å². The largest absolute Gasteiger partial charge is 0.315 e. The van der Waals surface area contributed by atoms with E-state index in [2.05, 4.69) is 17.0 Å². The van der Waals surface area contributed by atoms with Crippen molar-refractivity contribution in [3.63, 3.8) is 0 Å². The summed E-state index contributed by atoms with van der Waals surface area (Å²) in [6.07, 6.45) is 1.71. The average Bonchev–Trinajstić information content (AvgIpc) is 2.08. The summed E-state index contributed by atoms with van der Waals surface area (Å²) in [4.78, 5) is 0. The Hall–Kier alpha value is -0.130. The van der Waals surface area contributed by atoms with Crippen LogP contribution in [0.1, 0.15) is 26.7 Å². The zero-order valence-corrected chi connectivity index (χ0v) is 9.73. The standard InChI is InChI=1S/C9H20N2O2S/c1-3-6-14(12,13)11-9-7-10-5-4-8(9)2/h8-11H,3-7H2,1-2H3. The molecule has 14 heavy (non-hydrogen) atoms. The van der Waals surface area contributed by atoms with E-state index in [9.17, 15) is 8.42 Å². The van der Waals surface area contributed by atoms with E-state index >= 15 is 0 Å². The highest BCUT2D eigenvalue weighted by molar-refractivity contribution is 7.89. The maximum absolute atomic E-state index is 11.5. The van der Waals surface area contributed by atoms with Crippen molar-refractivity contribution in [2.24, 2.45) is 5.92 Å². The fourth-order valence-electron chi connectivity index (χ4n) is 1.71. The fraction of sp³-hybridized carbons (Fsp3) is 1.00. The first-order valence-electron chi connectivity index (χ1n) is 5.26. The van der Waals surface area contributed by atoms with Gasteiger partial charge in [0.05, 0.1) is 5.75 Å². The summed E-state index contributed by atoms with van der Waals surface area (Å²) in [6.45, 7) is 5.72. The highest BCUT2D eigenvalue weighted by atomic mass is 32.2. The van der Waals surface area contributed by atoms with E-state index in [4.69, 9.17) is 0 Å². The zero-order valence-electron chi connectivity index (χ0n) is 8.91. The molecule has 1 rings (SSSR count). The quantitative estimate of drug-likeness (QED) is 0.717. The van der Waals surface area contributed by atoms with Gasteiger partial charge in [0.1, 0.15) is 0 Å². The molecule has 0 spiro atoms. The highest BCUT2D eigenvalue weighted by Gasteiger charge is 2.24. The first-order valence-corrected chi connectivity index (χ1v) is 6.91. The van der Waals surface area contributed by atoms with Gasteiger partial charge in [0.2, 0.25) is 10.0 Å². The average molecular weight is 220 g/mol. The summed E-state index contributed by atoms with van der Waals surface area (Å²) in [6, 6.07) is 0.0697. The lowest BCUT2D eigenvalue weighted by Crippen LogP contribution is -2.50. The lowest BCUT2D eigenvalue weighted by molar-refractivity contribution is 0.327. The molecule has 4 nitrogen and oxygen atoms in total. The van der Waals surface area contributed by atoms with Crippen LogP contribution >= 0.6 is 0 Å². The first-order chi connectivity index (χ1) is 6.55. The molecule has 1 heterocycles. The van der Waals surface area contributed by atoms with Crippen LogP contribution in [0.5, 0.6) is 0 Å². The SMILES string of the molecule is CCCS(=O)(=O)NC1CNCCC1C. The van der Waals surface area contributed by atoms with Gasteiger partial charge in [-0.3, -0.25) is 0 Å². The van der Waals surface area contributed by atoms with E-state index in [1.807, 2.05) is 6.92 Å². The van der Waals surface area contributed by atoms with Crippen molar-refractivity contribution >= 4 is 10.0 Å². The molecule has 2 N–H and O–H groups in total. The van der Waals surface area contributed by atoms with Crippen LogP contribution in [-0.4, -0.2) is 33.3 Å². The molecule has 1 fully saturated rings. The molecule has 0 radical (unpaired) electrons. The summed E-state index contributed by atoms with van der Waals surface area (Å²) >= 11 is 0. The van der Waals surface area contributed by atoms with Gasteiger partial charge in [-0.1, -0.05) is 13.8 Å². The molecular weight excluding hydrogens is 200 g/mol. The second-order valence-corrected chi connectivity index (χ2v) is 5.89. The minimum Gasteiger partial charge on any atom is -0.315 e. The molecule has 0 aromatic heterocycles. The van der Waals surface area contributed by atoms with Gasteiger partial charge in [-0.2, -0.15) is 0 Å². The first kappa shape index (κ1) is 11.9. The second-order valence-electron chi connectivity index (χ2n) is 4.01. The van der Waals surface area contributed by atoms with E-state index in [-0.39, 0.29) is 11.8 Å². The van der Waals surface area contributed by atoms with Crippen LogP contribution in [0.3, 0.4) is 0 Å². The predicted octanol–water partition coefficient (Wildman–Crippen LogP) is 0.314. The molecule has 2 atom stereocenters. The molecular formula is C9H20N2O2S. The van der Waals surface area contributed by atoms with Crippen LogP contribution < -0.4 is 10.0 Å². The van der Waals surface area contributed by atoms with Gasteiger partial charge >= 0.3 is 0 Å². The minimum absolute atomic E-state index is 0.0697. The van der Waals surface area contributed by atoms with Gasteiger partial charge in [0.15, 0.2) is 0 Å². The molecule has 2 unspecified atom stereocenters. The summed E-state index contributed by atoms with van der Waals surface area (Å²) < 4.78 is 25.8. The molecule has 84 valence electrons. The topological polar surface area (TPSA) is 58.2 Å². The van der Waals surface area contributed by atoms with Gasteiger partial charge in [0.25, 0.3) is 0 Å². The molecule has 0 saturated carbocycles. The van der Waals surface area contributed by atoms with Crippen LogP contribution in [0, 0.1) is 5.92 Å². The number of sulfonamides is 1. The number of rotatable bonds is 4. The molecule has 0 aromatic carbocycles. The predicted molar refractivity (Wildman–Crippen MR) is 57.7 cm³/mol. The lowest BCUT2D eigenvalue weighted by Gasteiger charge is -2.29. The Labute approximate surface area is 86.5 Å². The molecule has 1 aliphatic heterocycles. The second kappa shape index (κ2) is 5.09. The van der Waals surface area contributed by atoms with Crippen LogP contribution in [-0.2, 0) is 10.0 Å². The summed E-state index contributed by atoms with van der Waals surface area (Å²) in [7, 11) is -3.05. The third kappa shape index (κ3) is 3.55. The highest BCUT2D eigenvalue weighted by Crippen LogP contribution is 2.12. The van der Waals surface area contributed by atoms with Crippen molar-refractivity contribution in [3.05, 3.63) is 0 Å². The third-order valence-corrected chi connectivity index (χ3v) is 4.24. The maximum atomic E-state index is 11.5. The van der Waals surface area contributed by atoms with Crippen molar-refractivity contribution < 1.29 is 8.42 Å². The Morgan fingerprint density at radius 1 is 1.50 bits per heavy atom. The van der Waals surface area contributed by atoms with E-state index in [1.54, 1.807) is 0 Å². The van der Waals surface area contributed by atoms with Crippen molar-refractivity contribution in [1.29, 1.82) is 0 Å². The zero-order chi connectivity index (χ0) is 10.6. The lowest BCUT2D eigenvalue weighted by atomic mass is 9.96. The van der Waals surface area contributed by atoms with E-state index < -0.39 is 10.0 Å². The van der Waals surface area contributed by atoms with Gasteiger partial charge in [-0.25, -0.2) is 13.1 Å². The Morgan fingerprint density at radius 3 is 2.79 bits per heavy atom. The summed E-state index contributed by atoms with van der Waals surface area (Å²) in [5, 5.41) is 3.20. The smallest absolute Gasteiger partial charge is 0.211 e. The van der Waals surface area contributed by atoms with Gasteiger partial charge in [-0.15, -0.1) is 0 Å². The van der Waals surface area contributed by atoms with Crippen molar-refractivity contribution in [2.75, 3.05) is 18.8 Å². The molecule has 5 heteroatoms. The maximum Gasteiger partial charge on any atom is 0.211 e. The molecule has 0 bridgehead atoms. The number of nitrogens with one attached hydrogen (secondary N) is 2. The monoisotopic (exact) mass is 220 g/mol. The summed E-state index contributed by atoms with van der Waals surface area (Å²) in [5.41, 5.74) is 0. The fourth-order valence-corrected chi connectivity index (χ4v) is 3.14. The number of piperidine rings is 1. The Kier molecular flexibility index (Phi) is 4.34. The van der Waals surface area contributed by atoms with Crippen molar-refractivity contribution in [1.82, 2.24) is 10.0 Å². The van der Waals surface area contributed by atoms with Crippen LogP contribution in [0.15, 0.2) is 0 Å². The molecule has 1 aliphatic rings. The Morgan fingerprint density at radius 2 is 2.21 bits per heavy atom. The normalized spacial score (nSPS) is 29.0. The van der Waals surface area contributed by atoms with Gasteiger partial charge in [-0.05, 0) is 25.3 Å². The van der Waals surface area contributed by atoms with Gasteiger partial charge in [0, 0.05) is 12.6 Å². The van der Waals surface area contributed by atoms with Crippen LogP contribution in [0.25, 0.3) is 0 Å². The van der Waals surface area contributed by atoms with E-state index in [0.717, 1.165) is 19.5 Å². The number of hydrogen-bond acceptors (Lipinski definition) is 3. The third-order valence-electron chi connectivity index (χ3n) is 2.63. The summed E-state index contributed by atoms with van der Waals surface area (Å²) in [5.74, 6) is 0.666. The molecule has 1 saturated heterocycles. The van der Waals surface area contributed by atoms with Crippen molar-refractivity contribution in [3.8, 4) is 0 Å². The Balaban J connectivity index is 2.49. The van der Waals surface area contributed by atoms with Crippen LogP contribution in [0.4, 0.5) is 0 Å². The van der Waals surface area contributed by atoms with E-state index in [0.29, 0.717) is 12.3 Å². The van der Waals surface area contributed by atoms with Crippen LogP contribution in [0.2, 0.25) is 0 Å². The molecule has 0 aliphatic carbocycles. The van der Waals surface area contributed by atoms with Crippen molar-refractivity contribution in [2.45, 2.75) is 32.7 Å². The molecule has 0 amide bonds. The number of hydrogen-bond donors (Lipinski definition) is 2. The minimum atomic E-state index is -3.05. The molecule has 0 aromatic rings.